The molecule has 0 aliphatic heterocycles. The molecule has 2 heterocycles. The molecule has 2 aromatic carbocycles. The summed E-state index contributed by atoms with van der Waals surface area (Å²) in [7, 11) is 1.32. The first-order valence-corrected chi connectivity index (χ1v) is 9.46. The van der Waals surface area contributed by atoms with E-state index in [9.17, 15) is 9.18 Å². The maximum absolute atomic E-state index is 14.9. The number of rotatable bonds is 5. The van der Waals surface area contributed by atoms with E-state index in [1.54, 1.807) is 6.20 Å². The van der Waals surface area contributed by atoms with Crippen molar-refractivity contribution in [2.75, 3.05) is 7.11 Å². The summed E-state index contributed by atoms with van der Waals surface area (Å²) in [5, 5.41) is 0.649. The first kappa shape index (κ1) is 19.8. The van der Waals surface area contributed by atoms with E-state index in [0.717, 1.165) is 11.1 Å². The monoisotopic (exact) mass is 425 g/mol. The van der Waals surface area contributed by atoms with E-state index < -0.39 is 11.8 Å². The summed E-state index contributed by atoms with van der Waals surface area (Å²) < 4.78 is 25.4. The Kier molecular flexibility index (Phi) is 5.37. The van der Waals surface area contributed by atoms with E-state index >= 15 is 0 Å². The lowest BCUT2D eigenvalue weighted by Gasteiger charge is -2.11. The Morgan fingerprint density at radius 2 is 1.93 bits per heavy atom. The number of carbonyl (C=O) groups is 1. The third-order valence-electron chi connectivity index (χ3n) is 4.63. The molecular formula is C22H17ClFN3O3. The first-order chi connectivity index (χ1) is 14.5. The van der Waals surface area contributed by atoms with Gasteiger partial charge in [-0.25, -0.2) is 19.2 Å². The molecule has 152 valence electrons. The van der Waals surface area contributed by atoms with Crippen LogP contribution in [-0.4, -0.2) is 28.0 Å². The molecule has 0 radical (unpaired) electrons. The average molecular weight is 426 g/mol. The predicted octanol–water partition coefficient (Wildman–Crippen LogP) is 5.09. The van der Waals surface area contributed by atoms with Crippen molar-refractivity contribution in [3.05, 3.63) is 76.3 Å². The molecule has 0 bridgehead atoms. The Balaban J connectivity index is 1.78. The second kappa shape index (κ2) is 8.12. The number of hydrogen-bond donors (Lipinski definition) is 1. The molecule has 30 heavy (non-hydrogen) atoms. The van der Waals surface area contributed by atoms with E-state index in [4.69, 9.17) is 21.1 Å². The lowest BCUT2D eigenvalue weighted by molar-refractivity contribution is 0.0468. The molecule has 0 atom stereocenters. The van der Waals surface area contributed by atoms with Crippen LogP contribution >= 0.6 is 11.6 Å². The fourth-order valence-electron chi connectivity index (χ4n) is 3.14. The molecule has 0 saturated heterocycles. The number of methoxy groups -OCH3 is 1. The Labute approximate surface area is 176 Å². The van der Waals surface area contributed by atoms with E-state index in [1.807, 2.05) is 37.3 Å². The van der Waals surface area contributed by atoms with Gasteiger partial charge < -0.3 is 14.5 Å². The molecule has 4 aromatic rings. The topological polar surface area (TPSA) is 77.1 Å². The van der Waals surface area contributed by atoms with Gasteiger partial charge >= 0.3 is 5.97 Å². The lowest BCUT2D eigenvalue weighted by Crippen LogP contribution is -2.10. The molecular weight excluding hydrogens is 409 g/mol. The molecule has 8 heteroatoms. The Bertz CT molecular complexity index is 1240. The molecule has 1 N–H and O–H groups in total. The largest absolute Gasteiger partial charge is 0.492 e. The van der Waals surface area contributed by atoms with Gasteiger partial charge in [0.15, 0.2) is 23.1 Å². The number of hydrogen-bond acceptors (Lipinski definition) is 5. The third kappa shape index (κ3) is 3.59. The van der Waals surface area contributed by atoms with Gasteiger partial charge in [0.1, 0.15) is 12.3 Å². The van der Waals surface area contributed by atoms with Gasteiger partial charge in [0, 0.05) is 6.20 Å². The number of ether oxygens (including phenoxy) is 2. The minimum absolute atomic E-state index is 0.0171. The SMILES string of the molecule is COc1c(Cl)ccc(-c2nc(C(=O)OCc3ccccc3)c3c(C)c[nH]c3n2)c1F. The number of esters is 1. The quantitative estimate of drug-likeness (QED) is 0.450. The van der Waals surface area contributed by atoms with Gasteiger partial charge in [-0.3, -0.25) is 0 Å². The van der Waals surface area contributed by atoms with Crippen LogP contribution in [0.1, 0.15) is 21.6 Å². The molecule has 0 aliphatic rings. The van der Waals surface area contributed by atoms with Crippen molar-refractivity contribution in [2.45, 2.75) is 13.5 Å². The van der Waals surface area contributed by atoms with E-state index in [-0.39, 0.29) is 34.5 Å². The molecule has 6 nitrogen and oxygen atoms in total. The van der Waals surface area contributed by atoms with Crippen LogP contribution in [0.3, 0.4) is 0 Å². The van der Waals surface area contributed by atoms with Gasteiger partial charge in [0.25, 0.3) is 0 Å². The highest BCUT2D eigenvalue weighted by Crippen LogP contribution is 2.34. The van der Waals surface area contributed by atoms with Gasteiger partial charge in [-0.05, 0) is 30.2 Å². The number of nitrogens with one attached hydrogen (secondary N) is 1. The fraction of sp³-hybridized carbons (Fsp3) is 0.136. The van der Waals surface area contributed by atoms with Crippen LogP contribution in [0.4, 0.5) is 4.39 Å². The van der Waals surface area contributed by atoms with Crippen LogP contribution < -0.4 is 4.74 Å². The van der Waals surface area contributed by atoms with Crippen molar-refractivity contribution in [1.29, 1.82) is 0 Å². The van der Waals surface area contributed by atoms with Crippen molar-refractivity contribution in [3.8, 4) is 17.1 Å². The molecule has 0 fully saturated rings. The van der Waals surface area contributed by atoms with Gasteiger partial charge in [-0.1, -0.05) is 41.9 Å². The number of H-pyrrole nitrogens is 1. The molecule has 0 amide bonds. The Morgan fingerprint density at radius 1 is 1.17 bits per heavy atom. The summed E-state index contributed by atoms with van der Waals surface area (Å²) in [6.45, 7) is 1.91. The van der Waals surface area contributed by atoms with Gasteiger partial charge in [0.05, 0.1) is 23.1 Å². The summed E-state index contributed by atoms with van der Waals surface area (Å²) in [4.78, 5) is 24.6. The lowest BCUT2D eigenvalue weighted by atomic mass is 10.1. The van der Waals surface area contributed by atoms with Crippen LogP contribution in [0.15, 0.2) is 48.7 Å². The van der Waals surface area contributed by atoms with Crippen molar-refractivity contribution < 1.29 is 18.7 Å². The average Bonchev–Trinajstić information content (AvgIpc) is 3.13. The number of fused-ring (bicyclic) bond motifs is 1. The molecule has 0 saturated carbocycles. The number of halogens is 2. The summed E-state index contributed by atoms with van der Waals surface area (Å²) in [6, 6.07) is 12.2. The minimum atomic E-state index is -0.712. The van der Waals surface area contributed by atoms with Crippen LogP contribution in [0.2, 0.25) is 5.02 Å². The van der Waals surface area contributed by atoms with Crippen LogP contribution in [0.5, 0.6) is 5.75 Å². The van der Waals surface area contributed by atoms with Gasteiger partial charge in [-0.2, -0.15) is 0 Å². The number of carbonyl (C=O) groups excluding carboxylic acids is 1. The zero-order valence-corrected chi connectivity index (χ0v) is 17.0. The zero-order chi connectivity index (χ0) is 21.3. The van der Waals surface area contributed by atoms with Crippen molar-refractivity contribution >= 4 is 28.6 Å². The molecule has 0 aliphatic carbocycles. The summed E-state index contributed by atoms with van der Waals surface area (Å²) in [6.07, 6.45) is 1.70. The molecule has 0 spiro atoms. The van der Waals surface area contributed by atoms with Crippen molar-refractivity contribution in [2.24, 2.45) is 0 Å². The molecule has 4 rings (SSSR count). The van der Waals surface area contributed by atoms with Gasteiger partial charge in [0.2, 0.25) is 0 Å². The normalized spacial score (nSPS) is 10.9. The molecule has 2 aromatic heterocycles. The Morgan fingerprint density at radius 3 is 2.67 bits per heavy atom. The summed E-state index contributed by atoms with van der Waals surface area (Å²) in [5.74, 6) is -1.44. The Hall–Kier alpha value is -3.45. The highest BCUT2D eigenvalue weighted by atomic mass is 35.5. The van der Waals surface area contributed by atoms with Crippen LogP contribution in [0, 0.1) is 12.7 Å². The first-order valence-electron chi connectivity index (χ1n) is 9.08. The summed E-state index contributed by atoms with van der Waals surface area (Å²) in [5.41, 5.74) is 2.13. The van der Waals surface area contributed by atoms with E-state index in [2.05, 4.69) is 15.0 Å². The zero-order valence-electron chi connectivity index (χ0n) is 16.2. The van der Waals surface area contributed by atoms with E-state index in [1.165, 1.54) is 19.2 Å². The van der Waals surface area contributed by atoms with Crippen LogP contribution in [-0.2, 0) is 11.3 Å². The summed E-state index contributed by atoms with van der Waals surface area (Å²) >= 11 is 5.98. The highest BCUT2D eigenvalue weighted by molar-refractivity contribution is 6.32. The number of benzene rings is 2. The molecule has 0 unspecified atom stereocenters. The predicted molar refractivity (Wildman–Crippen MR) is 111 cm³/mol. The fourth-order valence-corrected chi connectivity index (χ4v) is 3.36. The maximum Gasteiger partial charge on any atom is 0.358 e. The van der Waals surface area contributed by atoms with Crippen molar-refractivity contribution in [3.63, 3.8) is 0 Å². The third-order valence-corrected chi connectivity index (χ3v) is 4.93. The highest BCUT2D eigenvalue weighted by Gasteiger charge is 2.23. The van der Waals surface area contributed by atoms with E-state index in [0.29, 0.717) is 11.0 Å². The van der Waals surface area contributed by atoms with Crippen molar-refractivity contribution in [1.82, 2.24) is 15.0 Å². The number of nitrogens with zero attached hydrogens (tertiary/aromatic N) is 2. The second-order valence-corrected chi connectivity index (χ2v) is 7.00. The van der Waals surface area contributed by atoms with Gasteiger partial charge in [-0.15, -0.1) is 0 Å². The number of aromatic nitrogens is 3. The standard InChI is InChI=1S/C22H17ClFN3O3/c1-12-10-25-21-16(12)18(22(28)30-11-13-6-4-3-5-7-13)26-20(27-21)14-8-9-15(23)19(29-2)17(14)24/h3-10H,11H2,1-2H3,(H,25,26,27). The number of aryl methyl sites for hydroxylation is 1. The second-order valence-electron chi connectivity index (χ2n) is 6.60. The van der Waals surface area contributed by atoms with Crippen LogP contribution in [0.25, 0.3) is 22.4 Å². The minimum Gasteiger partial charge on any atom is -0.492 e. The number of aromatic amines is 1. The maximum atomic E-state index is 14.9. The smallest absolute Gasteiger partial charge is 0.358 e.